The van der Waals surface area contributed by atoms with Crippen molar-refractivity contribution in [2.75, 3.05) is 25.0 Å². The third-order valence-electron chi connectivity index (χ3n) is 5.88. The number of nitrogens with one attached hydrogen (secondary N) is 3. The van der Waals surface area contributed by atoms with Gasteiger partial charge in [0, 0.05) is 48.7 Å². The smallest absolute Gasteiger partial charge is 0.272 e. The molecule has 1 saturated heterocycles. The molecule has 29 heavy (non-hydrogen) atoms. The van der Waals surface area contributed by atoms with E-state index in [0.29, 0.717) is 30.5 Å². The van der Waals surface area contributed by atoms with Crippen LogP contribution in [0.15, 0.2) is 30.3 Å². The molecule has 3 N–H and O–H groups in total. The highest BCUT2D eigenvalue weighted by Gasteiger charge is 2.27. The molecular weight excluding hydrogens is 364 g/mol. The molecule has 1 aliphatic heterocycles. The number of carbonyl (C=O) groups is 1. The maximum Gasteiger partial charge on any atom is 0.272 e. The molecule has 3 aromatic rings. The van der Waals surface area contributed by atoms with Crippen LogP contribution in [0, 0.1) is 6.92 Å². The average Bonchev–Trinajstić information content (AvgIpc) is 3.48. The molecule has 1 aliphatic carbocycles. The second-order valence-corrected chi connectivity index (χ2v) is 8.19. The first-order valence-corrected chi connectivity index (χ1v) is 10.3. The fourth-order valence-corrected chi connectivity index (χ4v) is 4.10. The van der Waals surface area contributed by atoms with Crippen LogP contribution in [0.4, 0.5) is 11.6 Å². The fourth-order valence-electron chi connectivity index (χ4n) is 4.10. The summed E-state index contributed by atoms with van der Waals surface area (Å²) in [6.07, 6.45) is 2.43. The molecule has 5 rings (SSSR count). The van der Waals surface area contributed by atoms with Crippen LogP contribution < -0.4 is 10.6 Å². The van der Waals surface area contributed by atoms with Crippen molar-refractivity contribution < 1.29 is 4.79 Å². The van der Waals surface area contributed by atoms with Gasteiger partial charge >= 0.3 is 0 Å². The number of aryl methyl sites for hydroxylation is 1. The van der Waals surface area contributed by atoms with Gasteiger partial charge in [-0.2, -0.15) is 5.10 Å². The third kappa shape index (κ3) is 3.46. The predicted octanol–water partition coefficient (Wildman–Crippen LogP) is 3.32. The van der Waals surface area contributed by atoms with Crippen molar-refractivity contribution in [3.63, 3.8) is 0 Å². The molecular formula is C22H26N6O. The van der Waals surface area contributed by atoms with Crippen LogP contribution in [0.25, 0.3) is 10.8 Å². The number of piperazine rings is 1. The molecule has 7 heteroatoms. The molecule has 2 fully saturated rings. The standard InChI is InChI=1S/C22H26N6O/c1-13-12-28(10-9-23-13)22(29)20-14(2)16-5-3-4-6-17(16)21(25-20)24-19-11-18(26-27-19)15-7-8-15/h3-6,11,13,15,23H,7-10,12H2,1-2H3,(H2,24,25,26,27)/t13-/m0/s1. The number of carbonyl (C=O) groups excluding carboxylic acids is 1. The quantitative estimate of drug-likeness (QED) is 0.636. The van der Waals surface area contributed by atoms with Gasteiger partial charge in [0.15, 0.2) is 5.82 Å². The minimum Gasteiger partial charge on any atom is -0.334 e. The lowest BCUT2D eigenvalue weighted by atomic mass is 10.0. The number of nitrogens with zero attached hydrogens (tertiary/aromatic N) is 3. The lowest BCUT2D eigenvalue weighted by molar-refractivity contribution is 0.0702. The summed E-state index contributed by atoms with van der Waals surface area (Å²) in [5, 5.41) is 16.3. The van der Waals surface area contributed by atoms with Crippen LogP contribution in [-0.4, -0.2) is 51.7 Å². The molecule has 0 radical (unpaired) electrons. The Morgan fingerprint density at radius 2 is 2.03 bits per heavy atom. The summed E-state index contributed by atoms with van der Waals surface area (Å²) in [5.74, 6) is 2.01. The number of aromatic amines is 1. The number of hydrogen-bond acceptors (Lipinski definition) is 5. The van der Waals surface area contributed by atoms with E-state index in [2.05, 4.69) is 33.8 Å². The lowest BCUT2D eigenvalue weighted by Gasteiger charge is -2.32. The van der Waals surface area contributed by atoms with Crippen LogP contribution in [-0.2, 0) is 0 Å². The molecule has 0 bridgehead atoms. The normalized spacial score (nSPS) is 19.5. The number of H-pyrrole nitrogens is 1. The van der Waals surface area contributed by atoms with Crippen molar-refractivity contribution in [2.24, 2.45) is 0 Å². The summed E-state index contributed by atoms with van der Waals surface area (Å²) in [5.41, 5.74) is 2.59. The Kier molecular flexibility index (Phi) is 4.47. The molecule has 2 aliphatic rings. The van der Waals surface area contributed by atoms with Gasteiger partial charge in [-0.25, -0.2) is 4.98 Å². The van der Waals surface area contributed by atoms with Crippen LogP contribution in [0.1, 0.15) is 47.4 Å². The highest BCUT2D eigenvalue weighted by molar-refractivity contribution is 6.03. The van der Waals surface area contributed by atoms with Crippen molar-refractivity contribution in [1.82, 2.24) is 25.4 Å². The zero-order valence-corrected chi connectivity index (χ0v) is 16.8. The van der Waals surface area contributed by atoms with Crippen LogP contribution in [0.3, 0.4) is 0 Å². The first kappa shape index (κ1) is 18.1. The summed E-state index contributed by atoms with van der Waals surface area (Å²) in [6, 6.07) is 10.4. The minimum atomic E-state index is -0.00893. The van der Waals surface area contributed by atoms with Gasteiger partial charge in [0.05, 0.1) is 0 Å². The molecule has 1 saturated carbocycles. The Hall–Kier alpha value is -2.93. The molecule has 1 amide bonds. The molecule has 1 atom stereocenters. The van der Waals surface area contributed by atoms with E-state index < -0.39 is 0 Å². The van der Waals surface area contributed by atoms with E-state index in [0.717, 1.165) is 34.4 Å². The number of aromatic nitrogens is 3. The van der Waals surface area contributed by atoms with Gasteiger partial charge in [-0.3, -0.25) is 9.89 Å². The molecule has 0 spiro atoms. The van der Waals surface area contributed by atoms with Crippen molar-refractivity contribution in [2.45, 2.75) is 38.6 Å². The molecule has 3 heterocycles. The van der Waals surface area contributed by atoms with Crippen molar-refractivity contribution in [1.29, 1.82) is 0 Å². The van der Waals surface area contributed by atoms with E-state index >= 15 is 0 Å². The second-order valence-electron chi connectivity index (χ2n) is 8.19. The zero-order valence-electron chi connectivity index (χ0n) is 16.8. The van der Waals surface area contributed by atoms with E-state index in [-0.39, 0.29) is 11.9 Å². The third-order valence-corrected chi connectivity index (χ3v) is 5.88. The largest absolute Gasteiger partial charge is 0.334 e. The number of pyridine rings is 1. The summed E-state index contributed by atoms with van der Waals surface area (Å²) in [7, 11) is 0. The number of amides is 1. The molecule has 7 nitrogen and oxygen atoms in total. The van der Waals surface area contributed by atoms with Gasteiger partial charge in [0.25, 0.3) is 5.91 Å². The highest BCUT2D eigenvalue weighted by Crippen LogP contribution is 2.40. The van der Waals surface area contributed by atoms with Gasteiger partial charge in [-0.15, -0.1) is 0 Å². The van der Waals surface area contributed by atoms with Crippen molar-refractivity contribution >= 4 is 28.3 Å². The lowest BCUT2D eigenvalue weighted by Crippen LogP contribution is -2.51. The first-order valence-electron chi connectivity index (χ1n) is 10.3. The van der Waals surface area contributed by atoms with Crippen molar-refractivity contribution in [3.05, 3.63) is 47.3 Å². The predicted molar refractivity (Wildman–Crippen MR) is 114 cm³/mol. The van der Waals surface area contributed by atoms with Gasteiger partial charge in [-0.05, 0) is 37.6 Å². The SMILES string of the molecule is Cc1c(C(=O)N2CCN[C@@H](C)C2)nc(Nc2cc(C3CC3)[nH]n2)c2ccccc12. The number of rotatable bonds is 4. The molecule has 150 valence electrons. The zero-order chi connectivity index (χ0) is 20.0. The van der Waals surface area contributed by atoms with Gasteiger partial charge in [0.1, 0.15) is 11.5 Å². The summed E-state index contributed by atoms with van der Waals surface area (Å²) in [6.45, 7) is 6.28. The number of fused-ring (bicyclic) bond motifs is 1. The summed E-state index contributed by atoms with van der Waals surface area (Å²) < 4.78 is 0. The van der Waals surface area contributed by atoms with Gasteiger partial charge in [0.2, 0.25) is 0 Å². The highest BCUT2D eigenvalue weighted by atomic mass is 16.2. The van der Waals surface area contributed by atoms with Gasteiger partial charge < -0.3 is 15.5 Å². The number of anilines is 2. The Morgan fingerprint density at radius 1 is 1.24 bits per heavy atom. The van der Waals surface area contributed by atoms with Crippen molar-refractivity contribution in [3.8, 4) is 0 Å². The minimum absolute atomic E-state index is 0.00893. The van der Waals surface area contributed by atoms with Crippen LogP contribution in [0.5, 0.6) is 0 Å². The number of benzene rings is 1. The fraction of sp³-hybridized carbons (Fsp3) is 0.409. The van der Waals surface area contributed by atoms with E-state index in [1.54, 1.807) is 0 Å². The maximum atomic E-state index is 13.3. The summed E-state index contributed by atoms with van der Waals surface area (Å²) in [4.78, 5) is 20.0. The molecule has 2 aromatic heterocycles. The number of hydrogen-bond donors (Lipinski definition) is 3. The van der Waals surface area contributed by atoms with E-state index in [4.69, 9.17) is 4.98 Å². The average molecular weight is 390 g/mol. The second kappa shape index (κ2) is 7.15. The summed E-state index contributed by atoms with van der Waals surface area (Å²) >= 11 is 0. The Bertz CT molecular complexity index is 1070. The monoisotopic (exact) mass is 390 g/mol. The van der Waals surface area contributed by atoms with E-state index in [9.17, 15) is 4.79 Å². The Morgan fingerprint density at radius 3 is 2.79 bits per heavy atom. The van der Waals surface area contributed by atoms with E-state index in [1.165, 1.54) is 12.8 Å². The topological polar surface area (TPSA) is 85.9 Å². The molecule has 0 unspecified atom stereocenters. The van der Waals surface area contributed by atoms with E-state index in [1.807, 2.05) is 36.1 Å². The van der Waals surface area contributed by atoms with Crippen LogP contribution >= 0.6 is 0 Å². The molecule has 1 aromatic carbocycles. The first-order chi connectivity index (χ1) is 14.1. The van der Waals surface area contributed by atoms with Gasteiger partial charge in [-0.1, -0.05) is 24.3 Å². The Labute approximate surface area is 169 Å². The maximum absolute atomic E-state index is 13.3. The van der Waals surface area contributed by atoms with Crippen LogP contribution in [0.2, 0.25) is 0 Å². The Balaban J connectivity index is 1.53.